The van der Waals surface area contributed by atoms with Gasteiger partial charge in [-0.05, 0) is 52.9 Å². The Morgan fingerprint density at radius 1 is 1.20 bits per heavy atom. The molecule has 2 atom stereocenters. The predicted octanol–water partition coefficient (Wildman–Crippen LogP) is 4.47. The highest BCUT2D eigenvalue weighted by Gasteiger charge is 2.41. The summed E-state index contributed by atoms with van der Waals surface area (Å²) >= 11 is 6.55. The summed E-state index contributed by atoms with van der Waals surface area (Å²) in [5.74, 6) is 1.00. The van der Waals surface area contributed by atoms with E-state index >= 15 is 0 Å². The zero-order valence-corrected chi connectivity index (χ0v) is 24.0. The van der Waals surface area contributed by atoms with E-state index in [-0.39, 0.29) is 55.7 Å². The summed E-state index contributed by atoms with van der Waals surface area (Å²) in [7, 11) is 1.72. The van der Waals surface area contributed by atoms with Crippen molar-refractivity contribution in [3.63, 3.8) is 0 Å². The molecule has 1 aromatic heterocycles. The topological polar surface area (TPSA) is 118 Å². The van der Waals surface area contributed by atoms with Crippen molar-refractivity contribution >= 4 is 28.7 Å². The minimum Gasteiger partial charge on any atom is -0.512 e. The molecule has 1 aromatic carbocycles. The number of likely N-dealkylation sites (N-methyl/N-ethyl adjacent to an activating group) is 1. The van der Waals surface area contributed by atoms with Crippen LogP contribution in [-0.4, -0.2) is 95.5 Å². The fourth-order valence-corrected chi connectivity index (χ4v) is 4.78. The second-order valence-electron chi connectivity index (χ2n) is 9.83. The van der Waals surface area contributed by atoms with Gasteiger partial charge in [0, 0.05) is 49.6 Å². The Labute approximate surface area is 237 Å². The number of nitrogens with one attached hydrogen (secondary N) is 2. The van der Waals surface area contributed by atoms with E-state index in [9.17, 15) is 23.4 Å². The number of allylic oxidation sites excluding steroid dienone is 2. The van der Waals surface area contributed by atoms with Gasteiger partial charge in [0.1, 0.15) is 36.1 Å². The lowest BCUT2D eigenvalue weighted by Gasteiger charge is -2.39. The number of nitrogens with zero attached hydrogens (tertiary/aromatic N) is 4. The normalized spacial score (nSPS) is 16.9. The van der Waals surface area contributed by atoms with Crippen molar-refractivity contribution in [1.29, 1.82) is 5.41 Å². The quantitative estimate of drug-likeness (QED) is 0.239. The summed E-state index contributed by atoms with van der Waals surface area (Å²) in [4.78, 5) is 12.7. The Morgan fingerprint density at radius 2 is 1.85 bits per heavy atom. The van der Waals surface area contributed by atoms with Crippen LogP contribution in [0.15, 0.2) is 24.0 Å². The summed E-state index contributed by atoms with van der Waals surface area (Å²) in [6.45, 7) is 7.24. The third-order valence-corrected chi connectivity index (χ3v) is 7.12. The minimum absolute atomic E-state index is 0.0391. The number of halogens is 4. The molecule has 220 valence electrons. The molecule has 2 heterocycles. The molecule has 2 aromatic rings. The summed E-state index contributed by atoms with van der Waals surface area (Å²) in [5, 5.41) is 31.9. The SMILES string of the molecule is CNC[C@@H](O)COc1ccc(Cl)c(-c2nc(/C(C(C)=N)=C(\C)O)c(C)c(N3CCN(C(C)C(F)(F)F)CC3)n2)c1. The average molecular weight is 585 g/mol. The van der Waals surface area contributed by atoms with Gasteiger partial charge in [-0.2, -0.15) is 13.2 Å². The first kappa shape index (κ1) is 31.6. The largest absolute Gasteiger partial charge is 0.512 e. The Kier molecular flexibility index (Phi) is 10.4. The van der Waals surface area contributed by atoms with E-state index in [0.29, 0.717) is 40.0 Å². The lowest BCUT2D eigenvalue weighted by atomic mass is 10.0. The predicted molar refractivity (Wildman–Crippen MR) is 151 cm³/mol. The maximum Gasteiger partial charge on any atom is 0.403 e. The molecule has 0 aliphatic carbocycles. The smallest absolute Gasteiger partial charge is 0.403 e. The third kappa shape index (κ3) is 7.42. The summed E-state index contributed by atoms with van der Waals surface area (Å²) < 4.78 is 45.6. The number of anilines is 1. The molecule has 13 heteroatoms. The highest BCUT2D eigenvalue weighted by Crippen LogP contribution is 2.35. The lowest BCUT2D eigenvalue weighted by Crippen LogP contribution is -2.54. The van der Waals surface area contributed by atoms with E-state index in [2.05, 4.69) is 10.3 Å². The zero-order chi connectivity index (χ0) is 29.8. The summed E-state index contributed by atoms with van der Waals surface area (Å²) in [6, 6.07) is 3.35. The van der Waals surface area contributed by atoms with Crippen LogP contribution in [0.3, 0.4) is 0 Å². The van der Waals surface area contributed by atoms with Gasteiger partial charge < -0.3 is 30.6 Å². The number of ether oxygens (including phenoxy) is 1. The zero-order valence-electron chi connectivity index (χ0n) is 23.2. The molecule has 1 aliphatic heterocycles. The van der Waals surface area contributed by atoms with Gasteiger partial charge in [0.2, 0.25) is 0 Å². The van der Waals surface area contributed by atoms with E-state index in [1.54, 1.807) is 32.2 Å². The maximum atomic E-state index is 13.3. The summed E-state index contributed by atoms with van der Waals surface area (Å²) in [6.07, 6.45) is -5.05. The molecule has 0 spiro atoms. The van der Waals surface area contributed by atoms with Crippen LogP contribution in [-0.2, 0) is 0 Å². The molecule has 0 bridgehead atoms. The van der Waals surface area contributed by atoms with E-state index in [1.165, 1.54) is 18.7 Å². The van der Waals surface area contributed by atoms with Gasteiger partial charge in [-0.1, -0.05) is 11.6 Å². The molecule has 9 nitrogen and oxygen atoms in total. The van der Waals surface area contributed by atoms with Gasteiger partial charge in [0.25, 0.3) is 0 Å². The molecule has 1 aliphatic rings. The van der Waals surface area contributed by atoms with Gasteiger partial charge in [-0.25, -0.2) is 9.97 Å². The number of benzene rings is 1. The fraction of sp³-hybridized carbons (Fsp3) is 0.519. The number of aliphatic hydroxyl groups is 2. The molecule has 0 amide bonds. The fourth-order valence-electron chi connectivity index (χ4n) is 4.58. The highest BCUT2D eigenvalue weighted by molar-refractivity contribution is 6.33. The first-order valence-electron chi connectivity index (χ1n) is 12.9. The van der Waals surface area contributed by atoms with E-state index in [4.69, 9.17) is 26.7 Å². The number of hydrogen-bond donors (Lipinski definition) is 4. The molecule has 4 N–H and O–H groups in total. The molecule has 3 rings (SSSR count). The number of piperazine rings is 1. The van der Waals surface area contributed by atoms with E-state index in [1.807, 2.05) is 4.90 Å². The Balaban J connectivity index is 2.06. The second kappa shape index (κ2) is 13.2. The van der Waals surface area contributed by atoms with Crippen molar-refractivity contribution in [3.8, 4) is 17.1 Å². The van der Waals surface area contributed by atoms with Crippen LogP contribution in [0.1, 0.15) is 32.0 Å². The van der Waals surface area contributed by atoms with Crippen molar-refractivity contribution in [2.45, 2.75) is 46.0 Å². The number of hydrogen-bond acceptors (Lipinski definition) is 9. The Morgan fingerprint density at radius 3 is 2.40 bits per heavy atom. The van der Waals surface area contributed by atoms with Crippen LogP contribution in [0.2, 0.25) is 5.02 Å². The number of rotatable bonds is 10. The molecule has 1 unspecified atom stereocenters. The minimum atomic E-state index is -4.32. The molecule has 0 radical (unpaired) electrons. The highest BCUT2D eigenvalue weighted by atomic mass is 35.5. The van der Waals surface area contributed by atoms with Crippen molar-refractivity contribution in [2.75, 3.05) is 51.3 Å². The molecular weight excluding hydrogens is 549 g/mol. The van der Waals surface area contributed by atoms with Crippen molar-refractivity contribution in [3.05, 3.63) is 40.2 Å². The molecular formula is C27H36ClF3N6O3. The average Bonchev–Trinajstić information content (AvgIpc) is 2.88. The monoisotopic (exact) mass is 584 g/mol. The summed E-state index contributed by atoms with van der Waals surface area (Å²) in [5.41, 5.74) is 1.64. The molecule has 40 heavy (non-hydrogen) atoms. The lowest BCUT2D eigenvalue weighted by molar-refractivity contribution is -0.179. The second-order valence-corrected chi connectivity index (χ2v) is 10.2. The van der Waals surface area contributed by atoms with E-state index in [0.717, 1.165) is 6.92 Å². The first-order chi connectivity index (χ1) is 18.7. The van der Waals surface area contributed by atoms with Gasteiger partial charge >= 0.3 is 6.18 Å². The number of aromatic nitrogens is 2. The van der Waals surface area contributed by atoms with Crippen LogP contribution in [0.4, 0.5) is 19.0 Å². The standard InChI is InChI=1S/C27H36ClF3N6O3/c1-15-24(23(16(2)32)17(3)38)34-25(21-12-20(6-7-22(21)28)40-14-19(39)13-33-5)35-26(15)37-10-8-36(9-11-37)18(4)27(29,30)31/h6-7,12,18-19,32-33,38-39H,8-11,13-14H2,1-5H3/b23-17+,32-16?/t18?,19-/m1/s1. The third-order valence-electron chi connectivity index (χ3n) is 6.79. The van der Waals surface area contributed by atoms with Crippen LogP contribution in [0.25, 0.3) is 17.0 Å². The Hall–Kier alpha value is -2.93. The van der Waals surface area contributed by atoms with Crippen molar-refractivity contribution < 1.29 is 28.1 Å². The van der Waals surface area contributed by atoms with Crippen molar-refractivity contribution in [1.82, 2.24) is 20.2 Å². The maximum absolute atomic E-state index is 13.3. The van der Waals surface area contributed by atoms with Gasteiger partial charge in [0.05, 0.1) is 16.3 Å². The molecule has 1 saturated heterocycles. The van der Waals surface area contributed by atoms with Crippen LogP contribution in [0, 0.1) is 12.3 Å². The number of alkyl halides is 3. The van der Waals surface area contributed by atoms with Crippen LogP contribution < -0.4 is 15.0 Å². The van der Waals surface area contributed by atoms with Gasteiger partial charge in [0.15, 0.2) is 5.82 Å². The van der Waals surface area contributed by atoms with Crippen LogP contribution >= 0.6 is 11.6 Å². The van der Waals surface area contributed by atoms with Crippen molar-refractivity contribution in [2.24, 2.45) is 0 Å². The van der Waals surface area contributed by atoms with Crippen LogP contribution in [0.5, 0.6) is 5.75 Å². The van der Waals surface area contributed by atoms with Gasteiger partial charge in [-0.3, -0.25) is 4.90 Å². The van der Waals surface area contributed by atoms with E-state index < -0.39 is 18.3 Å². The Bertz CT molecular complexity index is 1240. The van der Waals surface area contributed by atoms with Gasteiger partial charge in [-0.15, -0.1) is 0 Å². The molecule has 0 saturated carbocycles. The molecule has 1 fully saturated rings. The number of aliphatic hydroxyl groups excluding tert-OH is 2. The first-order valence-corrected chi connectivity index (χ1v) is 13.3.